The van der Waals surface area contributed by atoms with E-state index in [0.717, 1.165) is 11.1 Å². The first kappa shape index (κ1) is 78.1. The number of nitro groups is 1. The molecule has 0 spiro atoms. The molecule has 0 aromatic heterocycles. The van der Waals surface area contributed by atoms with Gasteiger partial charge in [-0.1, -0.05) is 24.3 Å². The van der Waals surface area contributed by atoms with Gasteiger partial charge in [0.25, 0.3) is 5.69 Å². The van der Waals surface area contributed by atoms with Gasteiger partial charge in [-0.3, -0.25) is 87.7 Å². The van der Waals surface area contributed by atoms with Gasteiger partial charge in [0, 0.05) is 122 Å². The summed E-state index contributed by atoms with van der Waals surface area (Å²) in [6.07, 6.45) is 0.936. The summed E-state index contributed by atoms with van der Waals surface area (Å²) in [6, 6.07) is 13.2. The maximum atomic E-state index is 13.2. The molecule has 2 N–H and O–H groups in total. The minimum atomic E-state index is -0.732. The number of hydrogen-bond acceptors (Lipinski definition) is 23. The summed E-state index contributed by atoms with van der Waals surface area (Å²) in [4.78, 5) is 128. The van der Waals surface area contributed by atoms with Crippen molar-refractivity contribution in [1.29, 1.82) is 0 Å². The van der Waals surface area contributed by atoms with E-state index in [1.807, 2.05) is 70.7 Å². The molecule has 24 heteroatoms. The lowest BCUT2D eigenvalue weighted by Gasteiger charge is -2.36. The Balaban J connectivity index is 0.000000471. The van der Waals surface area contributed by atoms with Crippen LogP contribution in [-0.2, 0) is 70.1 Å². The van der Waals surface area contributed by atoms with Crippen molar-refractivity contribution in [2.75, 3.05) is 150 Å². The molecule has 2 atom stereocenters. The third-order valence-corrected chi connectivity index (χ3v) is 14.2. The molecule has 0 bridgehead atoms. The lowest BCUT2D eigenvalue weighted by atomic mass is 10.0. The first-order valence-electron chi connectivity index (χ1n) is 31.4. The maximum absolute atomic E-state index is 13.2. The van der Waals surface area contributed by atoms with E-state index in [1.165, 1.54) is 12.1 Å². The van der Waals surface area contributed by atoms with Crippen molar-refractivity contribution in [3.63, 3.8) is 0 Å². The average Bonchev–Trinajstić information content (AvgIpc) is 1.38. The fourth-order valence-corrected chi connectivity index (χ4v) is 10.6. The first-order valence-corrected chi connectivity index (χ1v) is 31.4. The highest BCUT2D eigenvalue weighted by Gasteiger charge is 2.33. The third kappa shape index (κ3) is 34.9. The zero-order chi connectivity index (χ0) is 67.7. The number of nitrogens with two attached hydrogens (primary N) is 1. The molecule has 2 heterocycles. The summed E-state index contributed by atoms with van der Waals surface area (Å²) in [5.74, 6) is -1.53. The molecular weight excluding hydrogens is 1160 g/mol. The fourth-order valence-electron chi connectivity index (χ4n) is 10.6. The van der Waals surface area contributed by atoms with Gasteiger partial charge in [0.1, 0.15) is 45.5 Å². The zero-order valence-electron chi connectivity index (χ0n) is 57.1. The van der Waals surface area contributed by atoms with Crippen molar-refractivity contribution in [2.45, 2.75) is 158 Å². The summed E-state index contributed by atoms with van der Waals surface area (Å²) < 4.78 is 22.6. The number of nitrogen functional groups attached to an aromatic ring is 1. The number of non-ortho nitro benzene ring substituents is 1. The Morgan fingerprint density at radius 1 is 0.422 bits per heavy atom. The molecule has 2 aromatic carbocycles. The van der Waals surface area contributed by atoms with Gasteiger partial charge in [0.15, 0.2) is 0 Å². The lowest BCUT2D eigenvalue weighted by Crippen LogP contribution is -2.52. The number of rotatable bonds is 27. The predicted octanol–water partition coefficient (Wildman–Crippen LogP) is 4.85. The van der Waals surface area contributed by atoms with E-state index in [2.05, 4.69) is 29.4 Å². The smallest absolute Gasteiger partial charge is 0.320 e. The third-order valence-electron chi connectivity index (χ3n) is 14.2. The zero-order valence-corrected chi connectivity index (χ0v) is 57.1. The molecule has 0 amide bonds. The van der Waals surface area contributed by atoms with E-state index in [9.17, 15) is 48.5 Å². The minimum absolute atomic E-state index is 0.0317. The van der Waals surface area contributed by atoms with E-state index in [1.54, 1.807) is 86.3 Å². The topological polar surface area (TPSA) is 269 Å². The number of benzene rings is 2. The van der Waals surface area contributed by atoms with Gasteiger partial charge < -0.3 is 24.7 Å². The molecule has 2 saturated heterocycles. The summed E-state index contributed by atoms with van der Waals surface area (Å²) >= 11 is 0. The van der Waals surface area contributed by atoms with Crippen LogP contribution in [0.1, 0.15) is 122 Å². The van der Waals surface area contributed by atoms with Crippen LogP contribution >= 0.6 is 0 Å². The number of carbonyl (C=O) groups excluding carboxylic acids is 8. The van der Waals surface area contributed by atoms with Crippen molar-refractivity contribution in [3.8, 4) is 0 Å². The second-order valence-corrected chi connectivity index (χ2v) is 28.1. The van der Waals surface area contributed by atoms with Gasteiger partial charge >= 0.3 is 23.9 Å². The highest BCUT2D eigenvalue weighted by molar-refractivity contribution is 5.79. The number of carbonyl (C=O) groups is 8. The number of anilines is 1. The summed E-state index contributed by atoms with van der Waals surface area (Å²) in [5.41, 5.74) is 5.58. The Labute approximate surface area is 535 Å². The Hall–Kier alpha value is -6.12. The second kappa shape index (κ2) is 36.8. The minimum Gasteiger partial charge on any atom is -0.459 e. The van der Waals surface area contributed by atoms with Crippen LogP contribution in [0.3, 0.4) is 0 Å². The number of Topliss-reactive ketones (excluding diaryl/α,β-unsaturated/α-hetero) is 4. The molecular formula is C66H108N10O14. The molecule has 24 nitrogen and oxygen atoms in total. The van der Waals surface area contributed by atoms with E-state index in [4.69, 9.17) is 24.7 Å². The van der Waals surface area contributed by atoms with Gasteiger partial charge in [0.2, 0.25) is 0 Å². The molecule has 2 aliphatic heterocycles. The van der Waals surface area contributed by atoms with Crippen LogP contribution in [0.5, 0.6) is 0 Å². The van der Waals surface area contributed by atoms with Crippen LogP contribution in [-0.4, -0.2) is 270 Å². The molecule has 4 rings (SSSR count). The summed E-state index contributed by atoms with van der Waals surface area (Å²) in [6.45, 7) is 37.5. The highest BCUT2D eigenvalue weighted by Crippen LogP contribution is 2.21. The monoisotopic (exact) mass is 1260 g/mol. The molecule has 2 unspecified atom stereocenters. The maximum Gasteiger partial charge on any atom is 0.320 e. The van der Waals surface area contributed by atoms with Crippen LogP contribution < -0.4 is 5.73 Å². The molecule has 2 aliphatic rings. The number of ether oxygens (including phenoxy) is 4. The van der Waals surface area contributed by atoms with E-state index in [-0.39, 0.29) is 61.0 Å². The first-order chi connectivity index (χ1) is 41.7. The normalized spacial score (nSPS) is 16.8. The molecule has 2 aromatic rings. The van der Waals surface area contributed by atoms with Crippen LogP contribution in [0.4, 0.5) is 11.4 Å². The quantitative estimate of drug-likeness (QED) is 0.0412. The number of nitrogens with zero attached hydrogens (tertiary/aromatic N) is 9. The number of hydrogen-bond donors (Lipinski definition) is 1. The average molecular weight is 1270 g/mol. The number of nitro benzene ring substituents is 1. The molecule has 2 fully saturated rings. The summed E-state index contributed by atoms with van der Waals surface area (Å²) in [7, 11) is 0. The van der Waals surface area contributed by atoms with Crippen LogP contribution in [0, 0.1) is 10.1 Å². The number of ketones is 4. The van der Waals surface area contributed by atoms with Crippen LogP contribution in [0.25, 0.3) is 0 Å². The van der Waals surface area contributed by atoms with Gasteiger partial charge in [-0.25, -0.2) is 0 Å². The van der Waals surface area contributed by atoms with E-state index in [0.29, 0.717) is 136 Å². The Morgan fingerprint density at radius 3 is 0.856 bits per heavy atom. The Kier molecular flexibility index (Phi) is 31.9. The van der Waals surface area contributed by atoms with Crippen molar-refractivity contribution in [2.24, 2.45) is 0 Å². The second-order valence-electron chi connectivity index (χ2n) is 28.1. The molecule has 506 valence electrons. The van der Waals surface area contributed by atoms with E-state index >= 15 is 0 Å². The van der Waals surface area contributed by atoms with Gasteiger partial charge in [-0.05, 0) is 147 Å². The van der Waals surface area contributed by atoms with Gasteiger partial charge in [-0.15, -0.1) is 0 Å². The van der Waals surface area contributed by atoms with E-state index < -0.39 is 57.2 Å². The number of esters is 4. The van der Waals surface area contributed by atoms with Crippen molar-refractivity contribution >= 4 is 58.4 Å². The summed E-state index contributed by atoms with van der Waals surface area (Å²) in [5, 5.41) is 11.3. The molecule has 90 heavy (non-hydrogen) atoms. The standard InChI is InChI=1S/C33H53N5O8.C33H55N5O6/c1-25(39)20-34-13-14-35(21-26(2)40)16-18-36(17-15-34)22-29(19-27-9-11-28(12-10-27)38(43)44)37(23-30(41)45-32(3,4)5)24-31(42)46-33(6,7)8;1-25(39)20-35-13-14-36(21-26(2)40)16-18-37(17-15-35)22-29(19-27-9-11-28(34)12-10-27)38(23-30(41)43-32(3,4)5)24-31(42)44-33(6,7)8/h9-12,29H,13-24H2,1-8H3;9-12,29H,13-24,34H2,1-8H3. The largest absolute Gasteiger partial charge is 0.459 e. The predicted molar refractivity (Wildman–Crippen MR) is 347 cm³/mol. The molecule has 0 radical (unpaired) electrons. The lowest BCUT2D eigenvalue weighted by molar-refractivity contribution is -0.384. The Morgan fingerprint density at radius 2 is 0.644 bits per heavy atom. The van der Waals surface area contributed by atoms with Crippen LogP contribution in [0.2, 0.25) is 0 Å². The van der Waals surface area contributed by atoms with Gasteiger partial charge in [0.05, 0.1) is 57.3 Å². The van der Waals surface area contributed by atoms with Crippen molar-refractivity contribution in [3.05, 3.63) is 69.8 Å². The molecule has 0 saturated carbocycles. The fraction of sp³-hybridized carbons (Fsp3) is 0.697. The van der Waals surface area contributed by atoms with Crippen LogP contribution in [0.15, 0.2) is 48.5 Å². The SMILES string of the molecule is CC(=O)CN1CCN(CC(C)=O)CCN(CC(Cc2ccc(N)cc2)N(CC(=O)OC(C)(C)C)CC(=O)OC(C)(C)C)CC1.CC(=O)CN1CCN(CC(C)=O)CCN(CC(Cc2ccc([N+](=O)[O-])cc2)N(CC(=O)OC(C)(C)C)CC(=O)OC(C)(C)C)CC1. The van der Waals surface area contributed by atoms with Gasteiger partial charge in [-0.2, -0.15) is 0 Å². The molecule has 0 aliphatic carbocycles. The van der Waals surface area contributed by atoms with Crippen molar-refractivity contribution in [1.82, 2.24) is 39.2 Å². The van der Waals surface area contributed by atoms with Crippen molar-refractivity contribution < 1.29 is 62.2 Å². The Bertz CT molecular complexity index is 2530. The highest BCUT2D eigenvalue weighted by atomic mass is 16.6.